The Morgan fingerprint density at radius 3 is 2.82 bits per heavy atom. The Kier molecular flexibility index (Phi) is 3.86. The van der Waals surface area contributed by atoms with Crippen LogP contribution >= 0.6 is 0 Å². The molecule has 1 fully saturated rings. The van der Waals surface area contributed by atoms with E-state index in [-0.39, 0.29) is 17.4 Å². The van der Waals surface area contributed by atoms with Gasteiger partial charge in [0.25, 0.3) is 5.91 Å². The van der Waals surface area contributed by atoms with Gasteiger partial charge in [-0.05, 0) is 36.6 Å². The van der Waals surface area contributed by atoms with Gasteiger partial charge in [0.05, 0.1) is 30.3 Å². The molecule has 1 saturated heterocycles. The summed E-state index contributed by atoms with van der Waals surface area (Å²) in [5, 5.41) is 9.89. The van der Waals surface area contributed by atoms with Crippen LogP contribution in [0.1, 0.15) is 22.3 Å². The topological polar surface area (TPSA) is 83.9 Å². The third-order valence-corrected chi connectivity index (χ3v) is 5.97. The van der Waals surface area contributed by atoms with Crippen molar-refractivity contribution in [3.8, 4) is 5.75 Å². The fraction of sp³-hybridized carbons (Fsp3) is 0.533. The molecule has 3 rings (SSSR count). The van der Waals surface area contributed by atoms with Crippen molar-refractivity contribution in [3.05, 3.63) is 29.3 Å². The van der Waals surface area contributed by atoms with Crippen LogP contribution in [-0.4, -0.2) is 61.6 Å². The van der Waals surface area contributed by atoms with Crippen molar-refractivity contribution in [1.82, 2.24) is 4.90 Å². The Labute approximate surface area is 129 Å². The van der Waals surface area contributed by atoms with Gasteiger partial charge in [-0.15, -0.1) is 0 Å². The Balaban J connectivity index is 1.81. The fourth-order valence-electron chi connectivity index (χ4n) is 3.03. The molecule has 0 aliphatic carbocycles. The lowest BCUT2D eigenvalue weighted by atomic mass is 10.0. The van der Waals surface area contributed by atoms with Crippen molar-refractivity contribution in [2.45, 2.75) is 25.0 Å². The summed E-state index contributed by atoms with van der Waals surface area (Å²) in [7, 11) is -1.75. The van der Waals surface area contributed by atoms with Crippen LogP contribution in [0, 0.1) is 0 Å². The molecule has 0 aromatic heterocycles. The Bertz CT molecular complexity index is 700. The van der Waals surface area contributed by atoms with Crippen LogP contribution < -0.4 is 4.74 Å². The van der Waals surface area contributed by atoms with E-state index in [4.69, 9.17) is 4.74 Å². The highest BCUT2D eigenvalue weighted by Gasteiger charge is 2.40. The number of carbonyl (C=O) groups excluding carboxylic acids is 1. The molecule has 1 amide bonds. The molecule has 2 aliphatic rings. The summed E-state index contributed by atoms with van der Waals surface area (Å²) < 4.78 is 28.7. The molecule has 0 radical (unpaired) electrons. The SMILES string of the molecule is CN(C(=O)c1ccc2c(c1)CCCO2)[C@@H]1CS(=O)(=O)C[C@H]1O. The number of hydrogen-bond donors (Lipinski definition) is 1. The van der Waals surface area contributed by atoms with Gasteiger partial charge in [0.1, 0.15) is 5.75 Å². The quantitative estimate of drug-likeness (QED) is 0.842. The number of amides is 1. The number of likely N-dealkylation sites (N-methyl/N-ethyl adjacent to an activating group) is 1. The molecule has 1 N–H and O–H groups in total. The number of ether oxygens (including phenoxy) is 1. The molecule has 1 aromatic carbocycles. The van der Waals surface area contributed by atoms with Crippen LogP contribution in [0.3, 0.4) is 0 Å². The normalized spacial score (nSPS) is 26.1. The highest BCUT2D eigenvalue weighted by molar-refractivity contribution is 7.91. The molecule has 2 atom stereocenters. The standard InChI is InChI=1S/C15H19NO5S/c1-16(12-8-22(19,20)9-13(12)17)15(18)11-4-5-14-10(7-11)3-2-6-21-14/h4-5,7,12-13,17H,2-3,6,8-9H2,1H3/t12-,13-/m1/s1. The molecule has 0 bridgehead atoms. The number of benzene rings is 1. The summed E-state index contributed by atoms with van der Waals surface area (Å²) in [6.07, 6.45) is 0.751. The predicted molar refractivity (Wildman–Crippen MR) is 80.8 cm³/mol. The molecule has 2 aliphatic heterocycles. The highest BCUT2D eigenvalue weighted by Crippen LogP contribution is 2.27. The summed E-state index contributed by atoms with van der Waals surface area (Å²) in [6.45, 7) is 0.687. The molecule has 1 aromatic rings. The maximum atomic E-state index is 12.6. The highest BCUT2D eigenvalue weighted by atomic mass is 32.2. The van der Waals surface area contributed by atoms with Crippen molar-refractivity contribution < 1.29 is 23.1 Å². The summed E-state index contributed by atoms with van der Waals surface area (Å²) in [4.78, 5) is 13.9. The molecule has 0 saturated carbocycles. The second kappa shape index (κ2) is 5.55. The maximum Gasteiger partial charge on any atom is 0.253 e. The molecular formula is C15H19NO5S. The van der Waals surface area contributed by atoms with E-state index in [1.807, 2.05) is 0 Å². The van der Waals surface area contributed by atoms with E-state index < -0.39 is 22.0 Å². The van der Waals surface area contributed by atoms with Crippen molar-refractivity contribution in [2.75, 3.05) is 25.2 Å². The summed E-state index contributed by atoms with van der Waals surface area (Å²) in [6, 6.07) is 4.56. The van der Waals surface area contributed by atoms with Crippen LogP contribution in [0.25, 0.3) is 0 Å². The second-order valence-corrected chi connectivity index (χ2v) is 8.06. The van der Waals surface area contributed by atoms with Crippen molar-refractivity contribution in [2.24, 2.45) is 0 Å². The number of carbonyl (C=O) groups is 1. The van der Waals surface area contributed by atoms with E-state index in [1.165, 1.54) is 11.9 Å². The summed E-state index contributed by atoms with van der Waals surface area (Å²) in [5.41, 5.74) is 1.48. The summed E-state index contributed by atoms with van der Waals surface area (Å²) >= 11 is 0. The van der Waals surface area contributed by atoms with Crippen LogP contribution in [0.2, 0.25) is 0 Å². The lowest BCUT2D eigenvalue weighted by molar-refractivity contribution is 0.0581. The monoisotopic (exact) mass is 325 g/mol. The van der Waals surface area contributed by atoms with E-state index in [0.29, 0.717) is 12.2 Å². The Hall–Kier alpha value is -1.60. The van der Waals surface area contributed by atoms with Gasteiger partial charge in [0, 0.05) is 12.6 Å². The van der Waals surface area contributed by atoms with Crippen LogP contribution in [0.15, 0.2) is 18.2 Å². The number of rotatable bonds is 2. The first-order valence-corrected chi connectivity index (χ1v) is 9.11. The molecule has 0 spiro atoms. The second-order valence-electron chi connectivity index (χ2n) is 5.90. The molecule has 2 heterocycles. The molecule has 7 heteroatoms. The minimum Gasteiger partial charge on any atom is -0.493 e. The maximum absolute atomic E-state index is 12.6. The van der Waals surface area contributed by atoms with Crippen molar-refractivity contribution >= 4 is 15.7 Å². The number of nitrogens with zero attached hydrogens (tertiary/aromatic N) is 1. The first-order chi connectivity index (χ1) is 10.4. The number of fused-ring (bicyclic) bond motifs is 1. The molecule has 6 nitrogen and oxygen atoms in total. The van der Waals surface area contributed by atoms with Gasteiger partial charge in [-0.25, -0.2) is 8.42 Å². The summed E-state index contributed by atoms with van der Waals surface area (Å²) in [5.74, 6) is 0.0427. The smallest absolute Gasteiger partial charge is 0.253 e. The van der Waals surface area contributed by atoms with E-state index in [0.717, 1.165) is 24.2 Å². The van der Waals surface area contributed by atoms with Gasteiger partial charge >= 0.3 is 0 Å². The lowest BCUT2D eigenvalue weighted by Gasteiger charge is -2.26. The van der Waals surface area contributed by atoms with Crippen molar-refractivity contribution in [1.29, 1.82) is 0 Å². The van der Waals surface area contributed by atoms with Gasteiger partial charge < -0.3 is 14.7 Å². The first-order valence-electron chi connectivity index (χ1n) is 7.29. The zero-order chi connectivity index (χ0) is 15.9. The van der Waals surface area contributed by atoms with Crippen LogP contribution in [0.4, 0.5) is 0 Å². The van der Waals surface area contributed by atoms with Crippen LogP contribution in [-0.2, 0) is 16.3 Å². The molecule has 22 heavy (non-hydrogen) atoms. The minimum absolute atomic E-state index is 0.190. The number of aryl methyl sites for hydroxylation is 1. The van der Waals surface area contributed by atoms with Crippen molar-refractivity contribution in [3.63, 3.8) is 0 Å². The number of sulfone groups is 1. The third-order valence-electron chi connectivity index (χ3n) is 4.27. The van der Waals surface area contributed by atoms with E-state index >= 15 is 0 Å². The molecular weight excluding hydrogens is 306 g/mol. The van der Waals surface area contributed by atoms with E-state index in [2.05, 4.69) is 0 Å². The lowest BCUT2D eigenvalue weighted by Crippen LogP contribution is -2.44. The Morgan fingerprint density at radius 2 is 2.14 bits per heavy atom. The van der Waals surface area contributed by atoms with E-state index in [9.17, 15) is 18.3 Å². The number of aliphatic hydroxyl groups is 1. The predicted octanol–water partition coefficient (Wildman–Crippen LogP) is 0.241. The van der Waals surface area contributed by atoms with Crippen LogP contribution in [0.5, 0.6) is 5.75 Å². The van der Waals surface area contributed by atoms with Gasteiger partial charge in [-0.1, -0.05) is 0 Å². The zero-order valence-electron chi connectivity index (χ0n) is 12.4. The minimum atomic E-state index is -3.28. The largest absolute Gasteiger partial charge is 0.493 e. The van der Waals surface area contributed by atoms with Gasteiger partial charge in [0.2, 0.25) is 0 Å². The van der Waals surface area contributed by atoms with E-state index in [1.54, 1.807) is 18.2 Å². The van der Waals surface area contributed by atoms with Gasteiger partial charge in [0.15, 0.2) is 9.84 Å². The average Bonchev–Trinajstić information content (AvgIpc) is 2.78. The number of hydrogen-bond acceptors (Lipinski definition) is 5. The third kappa shape index (κ3) is 2.83. The molecule has 120 valence electrons. The average molecular weight is 325 g/mol. The Morgan fingerprint density at radius 1 is 1.36 bits per heavy atom. The number of aliphatic hydroxyl groups excluding tert-OH is 1. The first kappa shape index (κ1) is 15.3. The molecule has 0 unspecified atom stereocenters. The fourth-order valence-corrected chi connectivity index (χ4v) is 4.87. The van der Waals surface area contributed by atoms with Gasteiger partial charge in [-0.2, -0.15) is 0 Å². The zero-order valence-corrected chi connectivity index (χ0v) is 13.2. The van der Waals surface area contributed by atoms with Gasteiger partial charge in [-0.3, -0.25) is 4.79 Å².